The lowest BCUT2D eigenvalue weighted by Crippen LogP contribution is -2.60. The number of ether oxygens (including phenoxy) is 3. The fourth-order valence-electron chi connectivity index (χ4n) is 11.8. The highest BCUT2D eigenvalue weighted by atomic mass is 16.7. The average Bonchev–Trinajstić information content (AvgIpc) is 3.59. The van der Waals surface area contributed by atoms with Crippen molar-refractivity contribution >= 4 is 5.78 Å². The number of carbonyl (C=O) groups excluding carboxylic acids is 1. The van der Waals surface area contributed by atoms with Crippen LogP contribution in [-0.4, -0.2) is 104 Å². The predicted octanol–water partition coefficient (Wildman–Crippen LogP) is 2.18. The maximum absolute atomic E-state index is 14.1. The van der Waals surface area contributed by atoms with E-state index in [1.807, 2.05) is 6.92 Å². The summed E-state index contributed by atoms with van der Waals surface area (Å²) in [5, 5.41) is 63.3. The molecule has 0 bridgehead atoms. The molecule has 10 heteroatoms. The first kappa shape index (κ1) is 34.2. The molecule has 0 spiro atoms. The van der Waals surface area contributed by atoms with Gasteiger partial charge >= 0.3 is 0 Å². The van der Waals surface area contributed by atoms with Crippen LogP contribution in [0.4, 0.5) is 0 Å². The molecule has 6 aliphatic rings. The lowest BCUT2D eigenvalue weighted by molar-refractivity contribution is -0.316. The first-order chi connectivity index (χ1) is 21.1. The molecule has 6 rings (SSSR count). The molecule has 0 radical (unpaired) electrons. The Hall–Kier alpha value is -0.690. The van der Waals surface area contributed by atoms with Crippen LogP contribution in [0.3, 0.4) is 0 Å². The molecule has 258 valence electrons. The standard InChI is InChI=1S/C35H58O10/c1-16(2)35(18(4)45-35)26(39)11-17(3)28-24(38)14-22-27-21(8-10-34(22,28)6)33(5)9-7-20(12-19(33)13-23(27)37)43-32-31(42)30(41)29(40)25(15-36)44-32/h16-22,24-32,36,38-42H,7-15H2,1-6H3/t17-,18-,19-,20+,21+,22+,24+,25-,26+,27-,28+,29-,30+,31-,32-,33+,34+,35+/m1/s1. The molecule has 2 saturated heterocycles. The van der Waals surface area contributed by atoms with Crippen LogP contribution < -0.4 is 0 Å². The molecule has 0 amide bonds. The molecule has 0 aromatic rings. The van der Waals surface area contributed by atoms with E-state index in [0.717, 1.165) is 25.7 Å². The van der Waals surface area contributed by atoms with E-state index < -0.39 is 55.1 Å². The van der Waals surface area contributed by atoms with Crippen LogP contribution in [-0.2, 0) is 19.0 Å². The number of hydrogen-bond acceptors (Lipinski definition) is 10. The van der Waals surface area contributed by atoms with Gasteiger partial charge in [-0.25, -0.2) is 0 Å². The van der Waals surface area contributed by atoms with E-state index in [-0.39, 0.29) is 70.2 Å². The van der Waals surface area contributed by atoms with Gasteiger partial charge in [0.05, 0.1) is 31.0 Å². The zero-order valence-electron chi connectivity index (χ0n) is 27.9. The van der Waals surface area contributed by atoms with Crippen molar-refractivity contribution in [1.29, 1.82) is 0 Å². The summed E-state index contributed by atoms with van der Waals surface area (Å²) in [6.45, 7) is 12.5. The number of fused-ring (bicyclic) bond motifs is 5. The average molecular weight is 639 g/mol. The molecule has 4 aliphatic carbocycles. The van der Waals surface area contributed by atoms with E-state index in [1.54, 1.807) is 0 Å². The van der Waals surface area contributed by atoms with Crippen molar-refractivity contribution in [3.05, 3.63) is 0 Å². The second-order valence-electron chi connectivity index (χ2n) is 16.7. The number of hydrogen-bond donors (Lipinski definition) is 6. The predicted molar refractivity (Wildman–Crippen MR) is 164 cm³/mol. The summed E-state index contributed by atoms with van der Waals surface area (Å²) in [5.41, 5.74) is -0.740. The zero-order chi connectivity index (χ0) is 32.8. The molecular formula is C35H58O10. The van der Waals surface area contributed by atoms with E-state index in [4.69, 9.17) is 14.2 Å². The number of aliphatic hydroxyl groups excluding tert-OH is 6. The first-order valence-electron chi connectivity index (χ1n) is 17.6. The minimum Gasteiger partial charge on any atom is -0.394 e. The maximum atomic E-state index is 14.1. The van der Waals surface area contributed by atoms with Crippen LogP contribution in [0.2, 0.25) is 0 Å². The van der Waals surface area contributed by atoms with Gasteiger partial charge in [0.25, 0.3) is 0 Å². The van der Waals surface area contributed by atoms with Crippen molar-refractivity contribution < 1.29 is 49.6 Å². The van der Waals surface area contributed by atoms with Gasteiger partial charge in [0.2, 0.25) is 0 Å². The molecule has 6 N–H and O–H groups in total. The fourth-order valence-corrected chi connectivity index (χ4v) is 11.8. The lowest BCUT2D eigenvalue weighted by Gasteiger charge is -2.60. The van der Waals surface area contributed by atoms with Crippen LogP contribution in [0.25, 0.3) is 0 Å². The van der Waals surface area contributed by atoms with Crippen molar-refractivity contribution in [3.8, 4) is 0 Å². The van der Waals surface area contributed by atoms with Crippen molar-refractivity contribution in [3.63, 3.8) is 0 Å². The Labute approximate surface area is 267 Å². The zero-order valence-corrected chi connectivity index (χ0v) is 27.9. The highest BCUT2D eigenvalue weighted by Gasteiger charge is 2.66. The van der Waals surface area contributed by atoms with Crippen molar-refractivity contribution in [2.45, 2.75) is 154 Å². The number of epoxide rings is 1. The summed E-state index contributed by atoms with van der Waals surface area (Å²) in [7, 11) is 0. The van der Waals surface area contributed by atoms with Gasteiger partial charge in [-0.1, -0.05) is 34.6 Å². The lowest BCUT2D eigenvalue weighted by atomic mass is 9.44. The van der Waals surface area contributed by atoms with Crippen LogP contribution in [0.15, 0.2) is 0 Å². The van der Waals surface area contributed by atoms with E-state index in [0.29, 0.717) is 25.7 Å². The number of Topliss-reactive ketones (excluding diaryl/α,β-unsaturated/α-hetero) is 1. The molecule has 2 aliphatic heterocycles. The van der Waals surface area contributed by atoms with Crippen molar-refractivity contribution in [2.75, 3.05) is 6.61 Å². The monoisotopic (exact) mass is 638 g/mol. The third-order valence-electron chi connectivity index (χ3n) is 14.3. The summed E-state index contributed by atoms with van der Waals surface area (Å²) < 4.78 is 17.7. The number of carbonyl (C=O) groups is 1. The van der Waals surface area contributed by atoms with Gasteiger partial charge < -0.3 is 44.8 Å². The molecule has 10 nitrogen and oxygen atoms in total. The van der Waals surface area contributed by atoms with E-state index >= 15 is 0 Å². The third kappa shape index (κ3) is 5.28. The first-order valence-corrected chi connectivity index (χ1v) is 17.6. The SMILES string of the molecule is CC(C)[C@]1([C@@H](O)C[C@@H](C)[C@H]2[C@@H](O)C[C@H]3[C@@H]4C(=O)C[C@H]5C[C@@H](O[C@@H]6O[C@H](CO)[C@@H](O)[C@H](O)[C@H]6O)CC[C@]5(C)[C@H]4CC[C@]23C)O[C@@H]1C. The summed E-state index contributed by atoms with van der Waals surface area (Å²) in [4.78, 5) is 14.1. The number of aliphatic hydroxyl groups is 6. The number of rotatable bonds is 8. The van der Waals surface area contributed by atoms with Gasteiger partial charge in [0, 0.05) is 12.3 Å². The molecule has 0 aromatic carbocycles. The number of ketones is 1. The summed E-state index contributed by atoms with van der Waals surface area (Å²) in [6.07, 6.45) is -2.13. The molecule has 4 saturated carbocycles. The Kier molecular flexibility index (Phi) is 9.13. The van der Waals surface area contributed by atoms with E-state index in [1.165, 1.54) is 0 Å². The minimum absolute atomic E-state index is 0.0115. The highest BCUT2D eigenvalue weighted by Crippen LogP contribution is 2.68. The fraction of sp³-hybridized carbons (Fsp3) is 0.971. The smallest absolute Gasteiger partial charge is 0.186 e. The Balaban J connectivity index is 1.14. The van der Waals surface area contributed by atoms with Gasteiger partial charge in [-0.2, -0.15) is 0 Å². The molecule has 6 fully saturated rings. The highest BCUT2D eigenvalue weighted by molar-refractivity contribution is 5.83. The largest absolute Gasteiger partial charge is 0.394 e. The van der Waals surface area contributed by atoms with Crippen LogP contribution >= 0.6 is 0 Å². The van der Waals surface area contributed by atoms with Gasteiger partial charge in [0.15, 0.2) is 6.29 Å². The van der Waals surface area contributed by atoms with Crippen LogP contribution in [0.1, 0.15) is 92.9 Å². The molecule has 18 atom stereocenters. The quantitative estimate of drug-likeness (QED) is 0.171. The van der Waals surface area contributed by atoms with Crippen molar-refractivity contribution in [1.82, 2.24) is 0 Å². The van der Waals surface area contributed by atoms with E-state index in [2.05, 4.69) is 34.6 Å². The van der Waals surface area contributed by atoms with Gasteiger partial charge in [-0.15, -0.1) is 0 Å². The van der Waals surface area contributed by atoms with Crippen LogP contribution in [0, 0.1) is 52.3 Å². The topological polar surface area (TPSA) is 169 Å². The van der Waals surface area contributed by atoms with Crippen molar-refractivity contribution in [2.24, 2.45) is 52.3 Å². The summed E-state index contributed by atoms with van der Waals surface area (Å²) in [5.74, 6) is 0.954. The Morgan fingerprint density at radius 2 is 1.62 bits per heavy atom. The van der Waals surface area contributed by atoms with E-state index in [9.17, 15) is 35.4 Å². The van der Waals surface area contributed by atoms with Gasteiger partial charge in [-0.3, -0.25) is 4.79 Å². The molecule has 45 heavy (non-hydrogen) atoms. The Bertz CT molecular complexity index is 1100. The molecule has 0 unspecified atom stereocenters. The summed E-state index contributed by atoms with van der Waals surface area (Å²) >= 11 is 0. The molecule has 0 aromatic heterocycles. The Morgan fingerprint density at radius 3 is 2.24 bits per heavy atom. The van der Waals surface area contributed by atoms with Gasteiger partial charge in [0.1, 0.15) is 35.8 Å². The Morgan fingerprint density at radius 1 is 0.956 bits per heavy atom. The molecule has 2 heterocycles. The minimum atomic E-state index is -1.48. The van der Waals surface area contributed by atoms with Gasteiger partial charge in [-0.05, 0) is 98.2 Å². The second kappa shape index (κ2) is 12.0. The second-order valence-corrected chi connectivity index (χ2v) is 16.7. The normalized spacial score (nSPS) is 54.2. The molecular weight excluding hydrogens is 580 g/mol. The maximum Gasteiger partial charge on any atom is 0.186 e. The third-order valence-corrected chi connectivity index (χ3v) is 14.3. The summed E-state index contributed by atoms with van der Waals surface area (Å²) in [6, 6.07) is 0. The van der Waals surface area contributed by atoms with Crippen LogP contribution in [0.5, 0.6) is 0 Å².